The van der Waals surface area contributed by atoms with Gasteiger partial charge < -0.3 is 9.84 Å². The average Bonchev–Trinajstić information content (AvgIpc) is 2.65. The van der Waals surface area contributed by atoms with E-state index in [1.54, 1.807) is 6.92 Å². The zero-order chi connectivity index (χ0) is 14.9. The van der Waals surface area contributed by atoms with Gasteiger partial charge in [0, 0.05) is 17.9 Å². The van der Waals surface area contributed by atoms with Crippen LogP contribution in [0.25, 0.3) is 0 Å². The Morgan fingerprint density at radius 2 is 2.15 bits per heavy atom. The first-order valence-electron chi connectivity index (χ1n) is 6.18. The largest absolute Gasteiger partial charge is 0.496 e. The molecule has 1 aliphatic rings. The number of carboxylic acid groups (broad SMARTS) is 1. The standard InChI is InChI=1S/C14H15NO5/c1-8-5-12(16)15(13(8)17)7-10-6-9(14(18)19)3-4-11(10)20-2/h3-4,6,8H,5,7H2,1-2H3,(H,18,19). The molecule has 20 heavy (non-hydrogen) atoms. The summed E-state index contributed by atoms with van der Waals surface area (Å²) in [4.78, 5) is 35.8. The minimum atomic E-state index is -1.07. The summed E-state index contributed by atoms with van der Waals surface area (Å²) in [6, 6.07) is 4.36. The van der Waals surface area contributed by atoms with Gasteiger partial charge in [-0.1, -0.05) is 6.92 Å². The first-order valence-corrected chi connectivity index (χ1v) is 6.18. The van der Waals surface area contributed by atoms with Gasteiger partial charge in [0.1, 0.15) is 5.75 Å². The van der Waals surface area contributed by atoms with Crippen molar-refractivity contribution >= 4 is 17.8 Å². The molecular weight excluding hydrogens is 262 g/mol. The molecular formula is C14H15NO5. The lowest BCUT2D eigenvalue weighted by Gasteiger charge is -2.17. The van der Waals surface area contributed by atoms with Crippen LogP contribution in [0.5, 0.6) is 5.75 Å². The molecule has 2 amide bonds. The van der Waals surface area contributed by atoms with Gasteiger partial charge in [0.2, 0.25) is 11.8 Å². The molecule has 1 heterocycles. The van der Waals surface area contributed by atoms with E-state index in [2.05, 4.69) is 0 Å². The normalized spacial score (nSPS) is 18.5. The maximum absolute atomic E-state index is 11.9. The van der Waals surface area contributed by atoms with Crippen molar-refractivity contribution in [3.8, 4) is 5.75 Å². The Kier molecular flexibility index (Phi) is 3.74. The molecule has 1 aliphatic heterocycles. The Morgan fingerprint density at radius 3 is 2.65 bits per heavy atom. The van der Waals surface area contributed by atoms with E-state index in [0.29, 0.717) is 11.3 Å². The maximum Gasteiger partial charge on any atom is 0.335 e. The van der Waals surface area contributed by atoms with Crippen molar-refractivity contribution in [1.29, 1.82) is 0 Å². The summed E-state index contributed by atoms with van der Waals surface area (Å²) < 4.78 is 5.15. The quantitative estimate of drug-likeness (QED) is 0.838. The summed E-state index contributed by atoms with van der Waals surface area (Å²) in [6.45, 7) is 1.73. The fourth-order valence-corrected chi connectivity index (χ4v) is 2.22. The monoisotopic (exact) mass is 277 g/mol. The molecule has 1 atom stereocenters. The number of carboxylic acids is 1. The van der Waals surface area contributed by atoms with Crippen molar-refractivity contribution in [3.05, 3.63) is 29.3 Å². The van der Waals surface area contributed by atoms with E-state index >= 15 is 0 Å². The Bertz CT molecular complexity index is 581. The lowest BCUT2D eigenvalue weighted by Crippen LogP contribution is -2.30. The Labute approximate surface area is 115 Å². The van der Waals surface area contributed by atoms with Gasteiger partial charge in [-0.3, -0.25) is 14.5 Å². The summed E-state index contributed by atoms with van der Waals surface area (Å²) >= 11 is 0. The SMILES string of the molecule is COc1ccc(C(=O)O)cc1CN1C(=O)CC(C)C1=O. The summed E-state index contributed by atoms with van der Waals surface area (Å²) in [6.07, 6.45) is 0.194. The third-order valence-electron chi connectivity index (χ3n) is 3.33. The van der Waals surface area contributed by atoms with Crippen LogP contribution < -0.4 is 4.74 Å². The Balaban J connectivity index is 2.32. The topological polar surface area (TPSA) is 83.9 Å². The molecule has 0 spiro atoms. The predicted molar refractivity (Wildman–Crippen MR) is 69.3 cm³/mol. The van der Waals surface area contributed by atoms with E-state index in [0.717, 1.165) is 4.90 Å². The van der Waals surface area contributed by atoms with Gasteiger partial charge in [-0.2, -0.15) is 0 Å². The molecule has 0 radical (unpaired) electrons. The van der Waals surface area contributed by atoms with Gasteiger partial charge in [-0.15, -0.1) is 0 Å². The number of hydrogen-bond donors (Lipinski definition) is 1. The van der Waals surface area contributed by atoms with Crippen molar-refractivity contribution in [2.24, 2.45) is 5.92 Å². The molecule has 1 fully saturated rings. The molecule has 2 rings (SSSR count). The molecule has 1 N–H and O–H groups in total. The van der Waals surface area contributed by atoms with Crippen LogP contribution in [0.4, 0.5) is 0 Å². The first-order chi connectivity index (χ1) is 9.43. The van der Waals surface area contributed by atoms with Gasteiger partial charge >= 0.3 is 5.97 Å². The minimum absolute atomic E-state index is 0.0340. The number of benzene rings is 1. The summed E-state index contributed by atoms with van der Waals surface area (Å²) in [5.74, 6) is -1.42. The molecule has 0 saturated carbocycles. The van der Waals surface area contributed by atoms with Crippen LogP contribution in [0, 0.1) is 5.92 Å². The third-order valence-corrected chi connectivity index (χ3v) is 3.33. The van der Waals surface area contributed by atoms with Gasteiger partial charge in [-0.25, -0.2) is 4.79 Å². The number of carbonyl (C=O) groups excluding carboxylic acids is 2. The van der Waals surface area contributed by atoms with E-state index in [-0.39, 0.29) is 36.3 Å². The van der Waals surface area contributed by atoms with Crippen molar-refractivity contribution in [2.45, 2.75) is 19.9 Å². The van der Waals surface area contributed by atoms with E-state index in [1.165, 1.54) is 25.3 Å². The number of hydrogen-bond acceptors (Lipinski definition) is 4. The zero-order valence-corrected chi connectivity index (χ0v) is 11.3. The number of carbonyl (C=O) groups is 3. The van der Waals surface area contributed by atoms with Crippen molar-refractivity contribution < 1.29 is 24.2 Å². The zero-order valence-electron chi connectivity index (χ0n) is 11.3. The van der Waals surface area contributed by atoms with Crippen LogP contribution in [0.1, 0.15) is 29.3 Å². The summed E-state index contributed by atoms with van der Waals surface area (Å²) in [7, 11) is 1.45. The molecule has 1 saturated heterocycles. The van der Waals surface area contributed by atoms with E-state index in [1.807, 2.05) is 0 Å². The lowest BCUT2D eigenvalue weighted by atomic mass is 10.1. The maximum atomic E-state index is 11.9. The number of methoxy groups -OCH3 is 1. The van der Waals surface area contributed by atoms with Gasteiger partial charge in [0.05, 0.1) is 19.2 Å². The molecule has 0 aliphatic carbocycles. The highest BCUT2D eigenvalue weighted by molar-refractivity contribution is 6.03. The average molecular weight is 277 g/mol. The van der Waals surface area contributed by atoms with E-state index in [4.69, 9.17) is 9.84 Å². The van der Waals surface area contributed by atoms with Crippen molar-refractivity contribution in [3.63, 3.8) is 0 Å². The molecule has 6 heteroatoms. The molecule has 106 valence electrons. The van der Waals surface area contributed by atoms with Gasteiger partial charge in [-0.05, 0) is 18.2 Å². The van der Waals surface area contributed by atoms with Gasteiger partial charge in [0.25, 0.3) is 0 Å². The molecule has 1 aromatic rings. The second-order valence-electron chi connectivity index (χ2n) is 4.76. The smallest absolute Gasteiger partial charge is 0.335 e. The Morgan fingerprint density at radius 1 is 1.45 bits per heavy atom. The molecule has 0 aromatic heterocycles. The number of aromatic carboxylic acids is 1. The fraction of sp³-hybridized carbons (Fsp3) is 0.357. The number of rotatable bonds is 4. The van der Waals surface area contributed by atoms with Crippen molar-refractivity contribution in [1.82, 2.24) is 4.90 Å². The summed E-state index contributed by atoms with van der Waals surface area (Å²) in [5.41, 5.74) is 0.594. The highest BCUT2D eigenvalue weighted by Gasteiger charge is 2.35. The highest BCUT2D eigenvalue weighted by atomic mass is 16.5. The number of nitrogens with zero attached hydrogens (tertiary/aromatic N) is 1. The molecule has 1 aromatic carbocycles. The number of ether oxygens (including phenoxy) is 1. The van der Waals surface area contributed by atoms with Crippen LogP contribution in [0.15, 0.2) is 18.2 Å². The van der Waals surface area contributed by atoms with Crippen LogP contribution in [-0.4, -0.2) is 34.9 Å². The van der Waals surface area contributed by atoms with E-state index in [9.17, 15) is 14.4 Å². The Hall–Kier alpha value is -2.37. The van der Waals surface area contributed by atoms with Crippen LogP contribution >= 0.6 is 0 Å². The van der Waals surface area contributed by atoms with Gasteiger partial charge in [0.15, 0.2) is 0 Å². The highest BCUT2D eigenvalue weighted by Crippen LogP contribution is 2.26. The number of imide groups is 1. The molecule has 1 unspecified atom stereocenters. The lowest BCUT2D eigenvalue weighted by molar-refractivity contribution is -0.139. The second kappa shape index (κ2) is 5.32. The molecule has 0 bridgehead atoms. The third kappa shape index (κ3) is 2.49. The second-order valence-corrected chi connectivity index (χ2v) is 4.76. The minimum Gasteiger partial charge on any atom is -0.496 e. The molecule has 6 nitrogen and oxygen atoms in total. The predicted octanol–water partition coefficient (Wildman–Crippen LogP) is 1.29. The van der Waals surface area contributed by atoms with Crippen LogP contribution in [0.3, 0.4) is 0 Å². The fourth-order valence-electron chi connectivity index (χ4n) is 2.22. The first kappa shape index (κ1) is 14.0. The number of amides is 2. The van der Waals surface area contributed by atoms with Crippen molar-refractivity contribution in [2.75, 3.05) is 7.11 Å². The van der Waals surface area contributed by atoms with Crippen LogP contribution in [-0.2, 0) is 16.1 Å². The van der Waals surface area contributed by atoms with Crippen LogP contribution in [0.2, 0.25) is 0 Å². The van der Waals surface area contributed by atoms with E-state index < -0.39 is 5.97 Å². The summed E-state index contributed by atoms with van der Waals surface area (Å²) in [5, 5.41) is 8.99. The number of likely N-dealkylation sites (tertiary alicyclic amines) is 1.